The highest BCUT2D eigenvalue weighted by Gasteiger charge is 2.56. The molecule has 1 amide bonds. The van der Waals surface area contributed by atoms with Crippen LogP contribution in [0.1, 0.15) is 43.5 Å². The number of hydrogen-bond donors (Lipinski definition) is 0. The second-order valence-corrected chi connectivity index (χ2v) is 7.58. The lowest BCUT2D eigenvalue weighted by Crippen LogP contribution is -2.67. The van der Waals surface area contributed by atoms with Gasteiger partial charge in [-0.25, -0.2) is 0 Å². The summed E-state index contributed by atoms with van der Waals surface area (Å²) in [5, 5.41) is 10.9. The highest BCUT2D eigenvalue weighted by atomic mass is 16.6. The van der Waals surface area contributed by atoms with Crippen LogP contribution in [0.2, 0.25) is 0 Å². The molecule has 0 spiro atoms. The van der Waals surface area contributed by atoms with Crippen molar-refractivity contribution in [2.45, 2.75) is 51.1 Å². The molecule has 0 bridgehead atoms. The van der Waals surface area contributed by atoms with Gasteiger partial charge in [0.15, 0.2) is 0 Å². The van der Waals surface area contributed by atoms with E-state index in [0.29, 0.717) is 24.7 Å². The summed E-state index contributed by atoms with van der Waals surface area (Å²) >= 11 is 0. The van der Waals surface area contributed by atoms with Gasteiger partial charge in [0.05, 0.1) is 5.54 Å². The molecule has 4 rings (SSSR count). The summed E-state index contributed by atoms with van der Waals surface area (Å²) in [6.45, 7) is 2.96. The first-order valence-electron chi connectivity index (χ1n) is 9.56. The van der Waals surface area contributed by atoms with E-state index in [1.165, 1.54) is 24.6 Å². The standard InChI is InChI=1S/C20H24N4O3/c1-15-21-18(24(26)27)14-22(15)12-10-19(25)23-13-17-9-5-6-11-20(17,23)16-7-3-2-4-8-16/h2-4,7-8,14,17H,5-6,9-13H2,1H3/t17-,20-/m0/s1. The third-order valence-corrected chi connectivity index (χ3v) is 6.21. The van der Waals surface area contributed by atoms with Gasteiger partial charge in [-0.15, -0.1) is 0 Å². The zero-order valence-corrected chi connectivity index (χ0v) is 15.5. The summed E-state index contributed by atoms with van der Waals surface area (Å²) in [4.78, 5) is 29.4. The van der Waals surface area contributed by atoms with Gasteiger partial charge in [0.1, 0.15) is 6.20 Å². The molecule has 27 heavy (non-hydrogen) atoms. The van der Waals surface area contributed by atoms with Crippen molar-refractivity contribution in [3.8, 4) is 0 Å². The van der Waals surface area contributed by atoms with Crippen molar-refractivity contribution >= 4 is 11.7 Å². The molecule has 7 nitrogen and oxygen atoms in total. The van der Waals surface area contributed by atoms with Crippen LogP contribution in [-0.4, -0.2) is 31.8 Å². The van der Waals surface area contributed by atoms with Crippen molar-refractivity contribution < 1.29 is 9.72 Å². The molecule has 1 aliphatic carbocycles. The van der Waals surface area contributed by atoms with Gasteiger partial charge in [-0.3, -0.25) is 4.79 Å². The number of likely N-dealkylation sites (tertiary alicyclic amines) is 1. The average Bonchev–Trinajstić information content (AvgIpc) is 3.03. The van der Waals surface area contributed by atoms with Gasteiger partial charge in [-0.05, 0) is 28.3 Å². The van der Waals surface area contributed by atoms with E-state index < -0.39 is 4.92 Å². The Balaban J connectivity index is 1.51. The van der Waals surface area contributed by atoms with Crippen molar-refractivity contribution in [1.82, 2.24) is 14.5 Å². The van der Waals surface area contributed by atoms with Crippen LogP contribution in [0.25, 0.3) is 0 Å². The van der Waals surface area contributed by atoms with Crippen LogP contribution in [0.4, 0.5) is 5.82 Å². The van der Waals surface area contributed by atoms with E-state index in [-0.39, 0.29) is 17.3 Å². The first-order valence-corrected chi connectivity index (χ1v) is 9.56. The molecule has 2 aromatic rings. The zero-order chi connectivity index (χ0) is 19.0. The number of hydrogen-bond acceptors (Lipinski definition) is 4. The van der Waals surface area contributed by atoms with Crippen molar-refractivity contribution in [1.29, 1.82) is 0 Å². The Labute approximate surface area is 158 Å². The van der Waals surface area contributed by atoms with Gasteiger partial charge in [0, 0.05) is 32.4 Å². The second kappa shape index (κ2) is 6.79. The fraction of sp³-hybridized carbons (Fsp3) is 0.500. The molecule has 0 unspecified atom stereocenters. The summed E-state index contributed by atoms with van der Waals surface area (Å²) in [6.07, 6.45) is 6.31. The molecule has 2 aliphatic rings. The van der Waals surface area contributed by atoms with Crippen molar-refractivity contribution in [3.05, 3.63) is 58.0 Å². The molecule has 1 aromatic heterocycles. The third kappa shape index (κ3) is 2.91. The normalized spacial score (nSPS) is 24.2. The van der Waals surface area contributed by atoms with E-state index in [0.717, 1.165) is 19.4 Å². The molecule has 2 atom stereocenters. The Morgan fingerprint density at radius 1 is 1.33 bits per heavy atom. The van der Waals surface area contributed by atoms with Crippen LogP contribution in [0.5, 0.6) is 0 Å². The predicted molar refractivity (Wildman–Crippen MR) is 100 cm³/mol. The maximum Gasteiger partial charge on any atom is 0.381 e. The first-order chi connectivity index (χ1) is 13.0. The molecule has 1 aliphatic heterocycles. The average molecular weight is 368 g/mol. The minimum atomic E-state index is -0.502. The fourth-order valence-electron chi connectivity index (χ4n) is 4.84. The van der Waals surface area contributed by atoms with E-state index in [2.05, 4.69) is 17.1 Å². The number of carbonyl (C=O) groups is 1. The summed E-state index contributed by atoms with van der Waals surface area (Å²) in [5.41, 5.74) is 1.08. The Bertz CT molecular complexity index is 863. The lowest BCUT2D eigenvalue weighted by Gasteiger charge is -2.61. The third-order valence-electron chi connectivity index (χ3n) is 6.21. The number of nitrogens with zero attached hydrogens (tertiary/aromatic N) is 4. The Morgan fingerprint density at radius 2 is 2.11 bits per heavy atom. The van der Waals surface area contributed by atoms with Crippen molar-refractivity contribution in [2.75, 3.05) is 6.54 Å². The highest BCUT2D eigenvalue weighted by molar-refractivity contribution is 5.78. The SMILES string of the molecule is Cc1nc([N+](=O)[O-])cn1CCC(=O)N1C[C@@H]2CCCC[C@]21c1ccccc1. The largest absolute Gasteiger partial charge is 0.381 e. The van der Waals surface area contributed by atoms with Crippen LogP contribution in [0.3, 0.4) is 0 Å². The van der Waals surface area contributed by atoms with E-state index in [4.69, 9.17) is 0 Å². The fourth-order valence-corrected chi connectivity index (χ4v) is 4.84. The molecule has 2 heterocycles. The Kier molecular flexibility index (Phi) is 4.45. The van der Waals surface area contributed by atoms with Crippen LogP contribution in [0.15, 0.2) is 36.5 Å². The molecule has 1 saturated heterocycles. The Morgan fingerprint density at radius 3 is 2.78 bits per heavy atom. The maximum atomic E-state index is 13.0. The second-order valence-electron chi connectivity index (χ2n) is 7.58. The molecule has 7 heteroatoms. The van der Waals surface area contributed by atoms with Crippen LogP contribution >= 0.6 is 0 Å². The van der Waals surface area contributed by atoms with Crippen molar-refractivity contribution in [2.24, 2.45) is 5.92 Å². The number of aromatic nitrogens is 2. The number of imidazole rings is 1. The number of benzene rings is 1. The summed E-state index contributed by atoms with van der Waals surface area (Å²) < 4.78 is 1.70. The van der Waals surface area contributed by atoms with E-state index in [9.17, 15) is 14.9 Å². The number of aryl methyl sites for hydroxylation is 2. The van der Waals surface area contributed by atoms with Gasteiger partial charge >= 0.3 is 5.82 Å². The lowest BCUT2D eigenvalue weighted by molar-refractivity contribution is -0.389. The van der Waals surface area contributed by atoms with Gasteiger partial charge in [0.25, 0.3) is 0 Å². The first kappa shape index (κ1) is 17.7. The lowest BCUT2D eigenvalue weighted by atomic mass is 9.61. The highest BCUT2D eigenvalue weighted by Crippen LogP contribution is 2.53. The van der Waals surface area contributed by atoms with Crippen LogP contribution in [0, 0.1) is 23.0 Å². The van der Waals surface area contributed by atoms with Gasteiger partial charge in [-0.2, -0.15) is 0 Å². The Hall–Kier alpha value is -2.70. The summed E-state index contributed by atoms with van der Waals surface area (Å²) in [5.74, 6) is 1.05. The van der Waals surface area contributed by atoms with Crippen molar-refractivity contribution in [3.63, 3.8) is 0 Å². The molecular weight excluding hydrogens is 344 g/mol. The number of nitro groups is 1. The molecular formula is C20H24N4O3. The molecule has 142 valence electrons. The number of fused-ring (bicyclic) bond motifs is 1. The molecule has 2 fully saturated rings. The maximum absolute atomic E-state index is 13.0. The minimum absolute atomic E-state index is 0.118. The van der Waals surface area contributed by atoms with Gasteiger partial charge in [0.2, 0.25) is 11.7 Å². The van der Waals surface area contributed by atoms with Crippen LogP contribution in [-0.2, 0) is 16.9 Å². The molecule has 1 saturated carbocycles. The molecule has 0 N–H and O–H groups in total. The topological polar surface area (TPSA) is 81.3 Å². The van der Waals surface area contributed by atoms with E-state index >= 15 is 0 Å². The number of rotatable bonds is 5. The molecule has 0 radical (unpaired) electrons. The molecule has 1 aromatic carbocycles. The minimum Gasteiger partial charge on any atom is -0.358 e. The zero-order valence-electron chi connectivity index (χ0n) is 15.5. The number of carbonyl (C=O) groups excluding carboxylic acids is 1. The number of amides is 1. The van der Waals surface area contributed by atoms with Gasteiger partial charge < -0.3 is 19.6 Å². The summed E-state index contributed by atoms with van der Waals surface area (Å²) in [7, 11) is 0. The summed E-state index contributed by atoms with van der Waals surface area (Å²) in [6, 6.07) is 10.4. The van der Waals surface area contributed by atoms with E-state index in [1.54, 1.807) is 11.5 Å². The van der Waals surface area contributed by atoms with Crippen LogP contribution < -0.4 is 0 Å². The monoisotopic (exact) mass is 368 g/mol. The van der Waals surface area contributed by atoms with Gasteiger partial charge in [-0.1, -0.05) is 43.2 Å². The predicted octanol–water partition coefficient (Wildman–Crippen LogP) is 3.42. The van der Waals surface area contributed by atoms with E-state index in [1.807, 2.05) is 23.1 Å². The quantitative estimate of drug-likeness (QED) is 0.598. The smallest absolute Gasteiger partial charge is 0.358 e.